The number of aromatic nitrogens is 2. The molecule has 0 spiro atoms. The highest BCUT2D eigenvalue weighted by molar-refractivity contribution is 5.76. The molecule has 0 bridgehead atoms. The molecule has 142 valence electrons. The first-order chi connectivity index (χ1) is 13.8. The van der Waals surface area contributed by atoms with Crippen molar-refractivity contribution in [2.45, 2.75) is 32.2 Å². The van der Waals surface area contributed by atoms with Crippen molar-refractivity contribution < 1.29 is 4.74 Å². The summed E-state index contributed by atoms with van der Waals surface area (Å²) in [6.07, 6.45) is 4.28. The van der Waals surface area contributed by atoms with E-state index in [1.165, 1.54) is 23.1 Å². The maximum Gasteiger partial charge on any atom is 0.118 e. The van der Waals surface area contributed by atoms with E-state index >= 15 is 0 Å². The van der Waals surface area contributed by atoms with Crippen LogP contribution in [0.25, 0.3) is 11.0 Å². The summed E-state index contributed by atoms with van der Waals surface area (Å²) in [7, 11) is 1.70. The predicted octanol–water partition coefficient (Wildman–Crippen LogP) is 5.66. The Labute approximate surface area is 166 Å². The lowest BCUT2D eigenvalue weighted by atomic mass is 10.1. The van der Waals surface area contributed by atoms with Crippen LogP contribution < -0.4 is 4.74 Å². The van der Waals surface area contributed by atoms with E-state index in [-0.39, 0.29) is 0 Å². The average Bonchev–Trinajstić information content (AvgIpc) is 3.09. The number of ether oxygens (including phenoxy) is 1. The summed E-state index contributed by atoms with van der Waals surface area (Å²) in [4.78, 5) is 4.92. The molecule has 3 nitrogen and oxygen atoms in total. The third-order valence-corrected chi connectivity index (χ3v) is 5.19. The molecule has 1 heterocycles. The normalized spacial score (nSPS) is 11.0. The van der Waals surface area contributed by atoms with Gasteiger partial charge in [0.2, 0.25) is 0 Å². The fourth-order valence-corrected chi connectivity index (χ4v) is 3.68. The van der Waals surface area contributed by atoms with Gasteiger partial charge >= 0.3 is 0 Å². The first kappa shape index (κ1) is 18.3. The topological polar surface area (TPSA) is 27.1 Å². The smallest absolute Gasteiger partial charge is 0.118 e. The van der Waals surface area contributed by atoms with Crippen molar-refractivity contribution in [1.29, 1.82) is 0 Å². The molecule has 0 aliphatic carbocycles. The maximum absolute atomic E-state index is 5.27. The number of hydrogen-bond acceptors (Lipinski definition) is 2. The van der Waals surface area contributed by atoms with Gasteiger partial charge in [0.15, 0.2) is 0 Å². The summed E-state index contributed by atoms with van der Waals surface area (Å²) >= 11 is 0. The van der Waals surface area contributed by atoms with Crippen LogP contribution in [0, 0.1) is 0 Å². The van der Waals surface area contributed by atoms with Gasteiger partial charge in [0.1, 0.15) is 11.6 Å². The van der Waals surface area contributed by atoms with Crippen molar-refractivity contribution in [3.05, 3.63) is 95.8 Å². The number of hydrogen-bond donors (Lipinski definition) is 0. The molecule has 28 heavy (non-hydrogen) atoms. The highest BCUT2D eigenvalue weighted by atomic mass is 16.5. The third-order valence-electron chi connectivity index (χ3n) is 5.19. The van der Waals surface area contributed by atoms with Gasteiger partial charge in [-0.2, -0.15) is 0 Å². The molecule has 4 rings (SSSR count). The molecule has 3 aromatic carbocycles. The maximum atomic E-state index is 5.27. The van der Waals surface area contributed by atoms with Crippen molar-refractivity contribution in [2.75, 3.05) is 7.11 Å². The van der Waals surface area contributed by atoms with Crippen LogP contribution in [0.1, 0.15) is 29.8 Å². The zero-order valence-corrected chi connectivity index (χ0v) is 16.3. The number of imidazole rings is 1. The zero-order valence-electron chi connectivity index (χ0n) is 16.3. The first-order valence-corrected chi connectivity index (χ1v) is 9.94. The summed E-state index contributed by atoms with van der Waals surface area (Å²) < 4.78 is 7.67. The summed E-state index contributed by atoms with van der Waals surface area (Å²) in [5.41, 5.74) is 4.97. The van der Waals surface area contributed by atoms with Gasteiger partial charge in [-0.3, -0.25) is 0 Å². The number of nitrogens with zero attached hydrogens (tertiary/aromatic N) is 2. The largest absolute Gasteiger partial charge is 0.497 e. The van der Waals surface area contributed by atoms with Crippen LogP contribution in [-0.2, 0) is 19.4 Å². The van der Waals surface area contributed by atoms with Crippen LogP contribution in [0.5, 0.6) is 5.75 Å². The van der Waals surface area contributed by atoms with E-state index in [1.54, 1.807) is 7.11 Å². The highest BCUT2D eigenvalue weighted by Gasteiger charge is 2.11. The van der Waals surface area contributed by atoms with Crippen molar-refractivity contribution in [3.63, 3.8) is 0 Å². The van der Waals surface area contributed by atoms with Gasteiger partial charge in [-0.25, -0.2) is 4.98 Å². The second-order valence-corrected chi connectivity index (χ2v) is 7.14. The molecule has 0 aliphatic heterocycles. The molecule has 0 saturated heterocycles. The van der Waals surface area contributed by atoms with Crippen LogP contribution in [-0.4, -0.2) is 16.7 Å². The number of fused-ring (bicyclic) bond motifs is 1. The minimum absolute atomic E-state index is 0.831. The second kappa shape index (κ2) is 8.75. The van der Waals surface area contributed by atoms with Gasteiger partial charge in [0.25, 0.3) is 0 Å². The number of rotatable bonds is 8. The van der Waals surface area contributed by atoms with Crippen LogP contribution in [0.4, 0.5) is 0 Å². The van der Waals surface area contributed by atoms with Gasteiger partial charge in [-0.05, 0) is 54.7 Å². The lowest BCUT2D eigenvalue weighted by molar-refractivity contribution is 0.414. The Balaban J connectivity index is 1.49. The van der Waals surface area contributed by atoms with E-state index in [0.717, 1.165) is 42.9 Å². The molecule has 0 aliphatic rings. The molecule has 3 heteroatoms. The van der Waals surface area contributed by atoms with Gasteiger partial charge in [0, 0.05) is 13.0 Å². The lowest BCUT2D eigenvalue weighted by Crippen LogP contribution is -2.05. The Hall–Kier alpha value is -3.07. The first-order valence-electron chi connectivity index (χ1n) is 9.94. The fourth-order valence-electron chi connectivity index (χ4n) is 3.68. The molecule has 1 aromatic heterocycles. The van der Waals surface area contributed by atoms with E-state index in [9.17, 15) is 0 Å². The molecule has 0 unspecified atom stereocenters. The molecule has 0 atom stereocenters. The predicted molar refractivity (Wildman–Crippen MR) is 115 cm³/mol. The monoisotopic (exact) mass is 370 g/mol. The van der Waals surface area contributed by atoms with E-state index in [0.29, 0.717) is 0 Å². The van der Waals surface area contributed by atoms with E-state index < -0.39 is 0 Å². The molecular formula is C25H26N2O. The lowest BCUT2D eigenvalue weighted by Gasteiger charge is -2.10. The van der Waals surface area contributed by atoms with Gasteiger partial charge < -0.3 is 9.30 Å². The van der Waals surface area contributed by atoms with Gasteiger partial charge in [-0.15, -0.1) is 0 Å². The molecule has 4 aromatic rings. The van der Waals surface area contributed by atoms with Crippen LogP contribution in [0.2, 0.25) is 0 Å². The fraction of sp³-hybridized carbons (Fsp3) is 0.240. The molecule has 0 fully saturated rings. The van der Waals surface area contributed by atoms with Crippen molar-refractivity contribution >= 4 is 11.0 Å². The summed E-state index contributed by atoms with van der Waals surface area (Å²) in [6, 6.07) is 27.5. The minimum Gasteiger partial charge on any atom is -0.497 e. The van der Waals surface area contributed by atoms with E-state index in [1.807, 2.05) is 12.1 Å². The SMILES string of the molecule is COc1ccc(Cc2nc3ccccc3n2CCCCc2ccccc2)cc1. The molecule has 0 amide bonds. The zero-order chi connectivity index (χ0) is 19.2. The highest BCUT2D eigenvalue weighted by Crippen LogP contribution is 2.21. The Bertz CT molecular complexity index is 1020. The van der Waals surface area contributed by atoms with Crippen LogP contribution in [0.15, 0.2) is 78.9 Å². The quantitative estimate of drug-likeness (QED) is 0.374. The molecule has 0 saturated carbocycles. The van der Waals surface area contributed by atoms with Gasteiger partial charge in [0.05, 0.1) is 18.1 Å². The number of benzene rings is 3. The van der Waals surface area contributed by atoms with E-state index in [2.05, 4.69) is 71.3 Å². The Morgan fingerprint density at radius 3 is 2.32 bits per heavy atom. The number of unbranched alkanes of at least 4 members (excludes halogenated alkanes) is 1. The standard InChI is InChI=1S/C25H26N2O/c1-28-22-16-14-21(15-17-22)19-25-26-23-12-5-6-13-24(23)27(25)18-8-7-11-20-9-3-2-4-10-20/h2-6,9-10,12-17H,7-8,11,18-19H2,1H3. The molecular weight excluding hydrogens is 344 g/mol. The Morgan fingerprint density at radius 2 is 1.54 bits per heavy atom. The molecule has 0 radical (unpaired) electrons. The van der Waals surface area contributed by atoms with E-state index in [4.69, 9.17) is 9.72 Å². The molecule has 0 N–H and O–H groups in total. The van der Waals surface area contributed by atoms with Crippen molar-refractivity contribution in [3.8, 4) is 5.75 Å². The second-order valence-electron chi connectivity index (χ2n) is 7.14. The number of aryl methyl sites for hydroxylation is 2. The average molecular weight is 370 g/mol. The minimum atomic E-state index is 0.831. The number of para-hydroxylation sites is 2. The number of methoxy groups -OCH3 is 1. The Morgan fingerprint density at radius 1 is 0.786 bits per heavy atom. The van der Waals surface area contributed by atoms with Crippen molar-refractivity contribution in [1.82, 2.24) is 9.55 Å². The third kappa shape index (κ3) is 4.25. The Kier molecular flexibility index (Phi) is 5.72. The van der Waals surface area contributed by atoms with Gasteiger partial charge in [-0.1, -0.05) is 54.6 Å². The summed E-state index contributed by atoms with van der Waals surface area (Å²) in [5, 5.41) is 0. The summed E-state index contributed by atoms with van der Waals surface area (Å²) in [6.45, 7) is 0.999. The van der Waals surface area contributed by atoms with Crippen molar-refractivity contribution in [2.24, 2.45) is 0 Å². The van der Waals surface area contributed by atoms with Crippen LogP contribution >= 0.6 is 0 Å². The van der Waals surface area contributed by atoms with Crippen LogP contribution in [0.3, 0.4) is 0 Å². The summed E-state index contributed by atoms with van der Waals surface area (Å²) in [5.74, 6) is 2.02.